The van der Waals surface area contributed by atoms with E-state index in [2.05, 4.69) is 15.9 Å². The highest BCUT2D eigenvalue weighted by Gasteiger charge is 2.34. The van der Waals surface area contributed by atoms with Crippen LogP contribution in [0.5, 0.6) is 11.5 Å². The van der Waals surface area contributed by atoms with Gasteiger partial charge in [-0.15, -0.1) is 0 Å². The van der Waals surface area contributed by atoms with Crippen molar-refractivity contribution in [3.8, 4) is 11.5 Å². The summed E-state index contributed by atoms with van der Waals surface area (Å²) in [6.45, 7) is 2.36. The smallest absolute Gasteiger partial charge is 0.265 e. The van der Waals surface area contributed by atoms with Crippen molar-refractivity contribution in [1.29, 1.82) is 0 Å². The minimum absolute atomic E-state index is 0.163. The molecule has 0 N–H and O–H groups in total. The Bertz CT molecular complexity index is 896. The third kappa shape index (κ3) is 2.65. The molecule has 1 aliphatic rings. The number of anilines is 1. The number of benzene rings is 2. The fourth-order valence-electron chi connectivity index (χ4n) is 3.00. The fraction of sp³-hybridized carbons (Fsp3) is 0.294. The zero-order valence-electron chi connectivity index (χ0n) is 13.7. The topological polar surface area (TPSA) is 55.8 Å². The van der Waals surface area contributed by atoms with Gasteiger partial charge in [-0.05, 0) is 46.5 Å². The second kappa shape index (κ2) is 6.29. The molecule has 0 atom stereocenters. The van der Waals surface area contributed by atoms with Crippen molar-refractivity contribution in [2.24, 2.45) is 0 Å². The van der Waals surface area contributed by atoms with E-state index in [-0.39, 0.29) is 4.90 Å². The number of para-hydroxylation sites is 1. The number of rotatable bonds is 4. The van der Waals surface area contributed by atoms with Gasteiger partial charge in [-0.3, -0.25) is 4.31 Å². The van der Waals surface area contributed by atoms with Crippen LogP contribution in [-0.2, 0) is 16.4 Å². The molecular weight excluding hydrogens is 394 g/mol. The molecule has 0 aliphatic carbocycles. The largest absolute Gasteiger partial charge is 0.493 e. The van der Waals surface area contributed by atoms with Gasteiger partial charge >= 0.3 is 0 Å². The van der Waals surface area contributed by atoms with Crippen LogP contribution in [-0.4, -0.2) is 29.2 Å². The van der Waals surface area contributed by atoms with E-state index in [4.69, 9.17) is 9.47 Å². The Balaban J connectivity index is 2.14. The van der Waals surface area contributed by atoms with Gasteiger partial charge in [0.2, 0.25) is 0 Å². The van der Waals surface area contributed by atoms with Crippen LogP contribution in [0.3, 0.4) is 0 Å². The van der Waals surface area contributed by atoms with Gasteiger partial charge in [0.25, 0.3) is 10.0 Å². The van der Waals surface area contributed by atoms with E-state index in [0.717, 1.165) is 16.8 Å². The van der Waals surface area contributed by atoms with Gasteiger partial charge in [-0.25, -0.2) is 8.42 Å². The fourth-order valence-corrected chi connectivity index (χ4v) is 5.57. The highest BCUT2D eigenvalue weighted by atomic mass is 79.9. The molecular formula is C17H18BrNO4S. The highest BCUT2D eigenvalue weighted by Crippen LogP contribution is 2.40. The van der Waals surface area contributed by atoms with Crippen LogP contribution in [0.25, 0.3) is 0 Å². The molecule has 1 heterocycles. The first-order valence-electron chi connectivity index (χ1n) is 7.43. The van der Waals surface area contributed by atoms with Crippen molar-refractivity contribution in [1.82, 2.24) is 0 Å². The summed E-state index contributed by atoms with van der Waals surface area (Å²) in [5.74, 6) is 0.852. The first kappa shape index (κ1) is 17.1. The predicted octanol–water partition coefficient (Wildman–Crippen LogP) is 3.53. The van der Waals surface area contributed by atoms with E-state index >= 15 is 0 Å². The SMILES string of the molecule is COc1cc(Br)c(S(=O)(=O)N2CCc3cccc(C)c32)cc1OC. The Morgan fingerprint density at radius 3 is 2.46 bits per heavy atom. The highest BCUT2D eigenvalue weighted by molar-refractivity contribution is 9.10. The maximum absolute atomic E-state index is 13.2. The molecule has 0 bridgehead atoms. The monoisotopic (exact) mass is 411 g/mol. The lowest BCUT2D eigenvalue weighted by atomic mass is 10.1. The minimum Gasteiger partial charge on any atom is -0.493 e. The Hall–Kier alpha value is -1.73. The molecule has 0 unspecified atom stereocenters. The molecule has 0 saturated carbocycles. The number of halogens is 1. The molecule has 0 saturated heterocycles. The van der Waals surface area contributed by atoms with E-state index in [1.807, 2.05) is 25.1 Å². The summed E-state index contributed by atoms with van der Waals surface area (Å²) in [6, 6.07) is 8.96. The molecule has 0 fully saturated rings. The Kier molecular flexibility index (Phi) is 4.48. The summed E-state index contributed by atoms with van der Waals surface area (Å²) < 4.78 is 38.9. The molecule has 1 aliphatic heterocycles. The van der Waals surface area contributed by atoms with Crippen LogP contribution in [0.1, 0.15) is 11.1 Å². The predicted molar refractivity (Wildman–Crippen MR) is 96.7 cm³/mol. The lowest BCUT2D eigenvalue weighted by molar-refractivity contribution is 0.353. The molecule has 2 aromatic rings. The van der Waals surface area contributed by atoms with Crippen LogP contribution in [0.15, 0.2) is 39.7 Å². The number of sulfonamides is 1. The summed E-state index contributed by atoms with van der Waals surface area (Å²) in [5, 5.41) is 0. The molecule has 0 spiro atoms. The van der Waals surface area contributed by atoms with Gasteiger partial charge in [0.1, 0.15) is 4.90 Å². The molecule has 3 rings (SSSR count). The number of hydrogen-bond donors (Lipinski definition) is 0. The zero-order valence-corrected chi connectivity index (χ0v) is 16.1. The van der Waals surface area contributed by atoms with Gasteiger partial charge < -0.3 is 9.47 Å². The van der Waals surface area contributed by atoms with Crippen LogP contribution in [0.4, 0.5) is 5.69 Å². The second-order valence-electron chi connectivity index (χ2n) is 5.55. The number of aryl methyl sites for hydroxylation is 1. The maximum Gasteiger partial charge on any atom is 0.265 e. The quantitative estimate of drug-likeness (QED) is 0.771. The molecule has 0 amide bonds. The van der Waals surface area contributed by atoms with E-state index in [1.54, 1.807) is 6.07 Å². The Morgan fingerprint density at radius 1 is 1.12 bits per heavy atom. The van der Waals surface area contributed by atoms with E-state index in [9.17, 15) is 8.42 Å². The average molecular weight is 412 g/mol. The van der Waals surface area contributed by atoms with Crippen LogP contribution < -0.4 is 13.8 Å². The van der Waals surface area contributed by atoms with Crippen molar-refractivity contribution < 1.29 is 17.9 Å². The van der Waals surface area contributed by atoms with Crippen molar-refractivity contribution in [3.05, 3.63) is 45.9 Å². The molecule has 5 nitrogen and oxygen atoms in total. The third-order valence-corrected chi connectivity index (χ3v) is 6.92. The third-order valence-electron chi connectivity index (χ3n) is 4.16. The number of fused-ring (bicyclic) bond motifs is 1. The molecule has 0 radical (unpaired) electrons. The van der Waals surface area contributed by atoms with Crippen LogP contribution in [0, 0.1) is 6.92 Å². The van der Waals surface area contributed by atoms with Crippen molar-refractivity contribution >= 4 is 31.6 Å². The summed E-state index contributed by atoms with van der Waals surface area (Å²) in [7, 11) is -0.716. The first-order valence-corrected chi connectivity index (χ1v) is 9.66. The normalized spacial score (nSPS) is 13.8. The summed E-state index contributed by atoms with van der Waals surface area (Å²) in [5.41, 5.74) is 2.78. The number of methoxy groups -OCH3 is 2. The maximum atomic E-state index is 13.2. The van der Waals surface area contributed by atoms with Gasteiger partial charge in [0.05, 0.1) is 19.9 Å². The van der Waals surface area contributed by atoms with E-state index in [0.29, 0.717) is 28.9 Å². The van der Waals surface area contributed by atoms with E-state index < -0.39 is 10.0 Å². The second-order valence-corrected chi connectivity index (χ2v) is 8.23. The molecule has 0 aromatic heterocycles. The van der Waals surface area contributed by atoms with E-state index in [1.165, 1.54) is 24.6 Å². The lowest BCUT2D eigenvalue weighted by Gasteiger charge is -2.22. The van der Waals surface area contributed by atoms with Gasteiger partial charge in [0, 0.05) is 17.1 Å². The van der Waals surface area contributed by atoms with Crippen molar-refractivity contribution in [3.63, 3.8) is 0 Å². The zero-order chi connectivity index (χ0) is 17.5. The minimum atomic E-state index is -3.71. The van der Waals surface area contributed by atoms with Crippen LogP contribution >= 0.6 is 15.9 Å². The molecule has 2 aromatic carbocycles. The number of nitrogens with zero attached hydrogens (tertiary/aromatic N) is 1. The molecule has 24 heavy (non-hydrogen) atoms. The molecule has 7 heteroatoms. The number of hydrogen-bond acceptors (Lipinski definition) is 4. The summed E-state index contributed by atoms with van der Waals surface area (Å²) in [4.78, 5) is 0.163. The number of ether oxygens (including phenoxy) is 2. The average Bonchev–Trinajstić information content (AvgIpc) is 3.00. The Morgan fingerprint density at radius 2 is 1.79 bits per heavy atom. The van der Waals surface area contributed by atoms with Gasteiger partial charge in [-0.2, -0.15) is 0 Å². The molecule has 128 valence electrons. The standard InChI is InChI=1S/C17H18BrNO4S/c1-11-5-4-6-12-7-8-19(17(11)12)24(20,21)16-10-15(23-3)14(22-2)9-13(16)18/h4-6,9-10H,7-8H2,1-3H3. The summed E-state index contributed by atoms with van der Waals surface area (Å²) in [6.07, 6.45) is 0.709. The lowest BCUT2D eigenvalue weighted by Crippen LogP contribution is -2.30. The van der Waals surface area contributed by atoms with Gasteiger partial charge in [-0.1, -0.05) is 18.2 Å². The summed E-state index contributed by atoms with van der Waals surface area (Å²) >= 11 is 3.35. The first-order chi connectivity index (χ1) is 11.4. The van der Waals surface area contributed by atoms with Crippen molar-refractivity contribution in [2.75, 3.05) is 25.1 Å². The Labute approximate surface area is 150 Å². The van der Waals surface area contributed by atoms with Gasteiger partial charge in [0.15, 0.2) is 11.5 Å². The van der Waals surface area contributed by atoms with Crippen LogP contribution in [0.2, 0.25) is 0 Å². The van der Waals surface area contributed by atoms with Crippen molar-refractivity contribution in [2.45, 2.75) is 18.2 Å².